The van der Waals surface area contributed by atoms with E-state index in [2.05, 4.69) is 0 Å². The van der Waals surface area contributed by atoms with Gasteiger partial charge in [0.2, 0.25) is 0 Å². The van der Waals surface area contributed by atoms with Crippen molar-refractivity contribution in [2.24, 2.45) is 0 Å². The van der Waals surface area contributed by atoms with E-state index >= 15 is 0 Å². The second-order valence-corrected chi connectivity index (χ2v) is 8.69. The average molecular weight is 460 g/mol. The Hall–Kier alpha value is -3.07. The van der Waals surface area contributed by atoms with Crippen molar-refractivity contribution in [2.45, 2.75) is 43.6 Å². The molecule has 0 aliphatic carbocycles. The third-order valence-electron chi connectivity index (χ3n) is 6.86. The fraction of sp³-hybridized carbons (Fsp3) is 0.417. The van der Waals surface area contributed by atoms with Crippen LogP contribution in [-0.2, 0) is 9.53 Å². The Morgan fingerprint density at radius 3 is 2.45 bits per heavy atom. The molecule has 9 heteroatoms. The zero-order chi connectivity index (χ0) is 23.3. The van der Waals surface area contributed by atoms with E-state index in [-0.39, 0.29) is 43.2 Å². The maximum atomic E-state index is 14.5. The molecule has 0 saturated carbocycles. The first-order valence-corrected chi connectivity index (χ1v) is 10.9. The highest BCUT2D eigenvalue weighted by Gasteiger charge is 2.58. The standard InChI is InChI=1S/C24H23F3N2O4/c1-32-19-4-2-3-17(21(19)27)22(30)28-9-7-24(8-10-28)23(31)29-18(5-6-20(29)33-24)14-11-15(25)13-16(26)12-14/h2-4,11-13,18,20H,5-10H2,1H3/t18-,20+/m0/s1. The first-order chi connectivity index (χ1) is 15.8. The molecular formula is C24H23F3N2O4. The summed E-state index contributed by atoms with van der Waals surface area (Å²) in [5.41, 5.74) is -0.762. The number of benzene rings is 2. The van der Waals surface area contributed by atoms with Crippen LogP contribution in [0.15, 0.2) is 36.4 Å². The molecule has 174 valence electrons. The van der Waals surface area contributed by atoms with Gasteiger partial charge in [0, 0.05) is 32.0 Å². The largest absolute Gasteiger partial charge is 0.494 e. The summed E-state index contributed by atoms with van der Waals surface area (Å²) in [6.07, 6.45) is 1.18. The molecule has 3 fully saturated rings. The highest BCUT2D eigenvalue weighted by Crippen LogP contribution is 2.47. The molecule has 3 aliphatic heterocycles. The lowest BCUT2D eigenvalue weighted by atomic mass is 9.89. The Kier molecular flexibility index (Phi) is 5.31. The van der Waals surface area contributed by atoms with Crippen molar-refractivity contribution in [1.82, 2.24) is 9.80 Å². The summed E-state index contributed by atoms with van der Waals surface area (Å²) >= 11 is 0. The van der Waals surface area contributed by atoms with Gasteiger partial charge in [0.25, 0.3) is 11.8 Å². The number of rotatable bonds is 3. The van der Waals surface area contributed by atoms with Gasteiger partial charge in [-0.15, -0.1) is 0 Å². The first-order valence-electron chi connectivity index (χ1n) is 10.9. The van der Waals surface area contributed by atoms with Crippen LogP contribution >= 0.6 is 0 Å². The van der Waals surface area contributed by atoms with Crippen LogP contribution < -0.4 is 4.74 Å². The van der Waals surface area contributed by atoms with Gasteiger partial charge in [-0.2, -0.15) is 0 Å². The minimum Gasteiger partial charge on any atom is -0.494 e. The number of likely N-dealkylation sites (tertiary alicyclic amines) is 1. The lowest BCUT2D eigenvalue weighted by Crippen LogP contribution is -2.51. The Labute approximate surface area is 188 Å². The highest BCUT2D eigenvalue weighted by atomic mass is 19.1. The summed E-state index contributed by atoms with van der Waals surface area (Å²) in [5.74, 6) is -2.80. The number of hydrogen-bond acceptors (Lipinski definition) is 4. The van der Waals surface area contributed by atoms with Crippen molar-refractivity contribution in [3.63, 3.8) is 0 Å². The number of fused-ring (bicyclic) bond motifs is 1. The second kappa shape index (κ2) is 8.06. The lowest BCUT2D eigenvalue weighted by Gasteiger charge is -2.37. The second-order valence-electron chi connectivity index (χ2n) is 8.69. The number of halogens is 3. The van der Waals surface area contributed by atoms with Crippen molar-refractivity contribution < 1.29 is 32.2 Å². The molecule has 3 aliphatic rings. The lowest BCUT2D eigenvalue weighted by molar-refractivity contribution is -0.142. The monoisotopic (exact) mass is 460 g/mol. The molecule has 0 bridgehead atoms. The van der Waals surface area contributed by atoms with Gasteiger partial charge in [0.05, 0.1) is 18.7 Å². The van der Waals surface area contributed by atoms with Crippen LogP contribution in [-0.4, -0.2) is 53.6 Å². The van der Waals surface area contributed by atoms with Gasteiger partial charge in [0.15, 0.2) is 17.2 Å². The quantitative estimate of drug-likeness (QED) is 0.699. The van der Waals surface area contributed by atoms with Crippen LogP contribution in [0.1, 0.15) is 47.6 Å². The molecular weight excluding hydrogens is 437 g/mol. The number of nitrogens with zero attached hydrogens (tertiary/aromatic N) is 2. The minimum absolute atomic E-state index is 0.0101. The summed E-state index contributed by atoms with van der Waals surface area (Å²) in [6, 6.07) is 7.23. The molecule has 2 aromatic carbocycles. The van der Waals surface area contributed by atoms with Gasteiger partial charge < -0.3 is 19.3 Å². The summed E-state index contributed by atoms with van der Waals surface area (Å²) in [4.78, 5) is 29.4. The van der Waals surface area contributed by atoms with E-state index in [9.17, 15) is 22.8 Å². The zero-order valence-electron chi connectivity index (χ0n) is 18.0. The van der Waals surface area contributed by atoms with Crippen molar-refractivity contribution in [3.8, 4) is 5.75 Å². The van der Waals surface area contributed by atoms with Crippen LogP contribution in [0.25, 0.3) is 0 Å². The van der Waals surface area contributed by atoms with Gasteiger partial charge in [-0.1, -0.05) is 6.07 Å². The number of ether oxygens (including phenoxy) is 2. The predicted molar refractivity (Wildman–Crippen MR) is 111 cm³/mol. The third-order valence-corrected chi connectivity index (χ3v) is 6.86. The smallest absolute Gasteiger partial charge is 0.257 e. The van der Waals surface area contributed by atoms with E-state index in [0.29, 0.717) is 18.4 Å². The Bertz CT molecular complexity index is 1100. The van der Waals surface area contributed by atoms with E-state index in [0.717, 1.165) is 6.07 Å². The number of carbonyl (C=O) groups is 2. The summed E-state index contributed by atoms with van der Waals surface area (Å²) < 4.78 is 53.2. The molecule has 2 amide bonds. The SMILES string of the molecule is COc1cccc(C(=O)N2CCC3(CC2)O[C@@H]2CC[C@@H](c4cc(F)cc(F)c4)N2C3=O)c1F. The van der Waals surface area contributed by atoms with E-state index in [1.807, 2.05) is 0 Å². The summed E-state index contributed by atoms with van der Waals surface area (Å²) in [7, 11) is 1.33. The van der Waals surface area contributed by atoms with Crippen molar-refractivity contribution in [2.75, 3.05) is 20.2 Å². The molecule has 0 unspecified atom stereocenters. The van der Waals surface area contributed by atoms with E-state index in [1.54, 1.807) is 11.0 Å². The molecule has 2 aromatic rings. The van der Waals surface area contributed by atoms with Crippen LogP contribution in [0.3, 0.4) is 0 Å². The van der Waals surface area contributed by atoms with Gasteiger partial charge in [-0.3, -0.25) is 9.59 Å². The van der Waals surface area contributed by atoms with Crippen molar-refractivity contribution in [1.29, 1.82) is 0 Å². The summed E-state index contributed by atoms with van der Waals surface area (Å²) in [5, 5.41) is 0. The average Bonchev–Trinajstić information content (AvgIpc) is 3.31. The van der Waals surface area contributed by atoms with Crippen LogP contribution in [0.5, 0.6) is 5.75 Å². The molecule has 3 heterocycles. The molecule has 0 aromatic heterocycles. The fourth-order valence-electron chi connectivity index (χ4n) is 5.21. The topological polar surface area (TPSA) is 59.1 Å². The van der Waals surface area contributed by atoms with E-state index < -0.39 is 41.2 Å². The maximum absolute atomic E-state index is 14.5. The fourth-order valence-corrected chi connectivity index (χ4v) is 5.21. The third kappa shape index (κ3) is 3.55. The number of carbonyl (C=O) groups excluding carboxylic acids is 2. The Morgan fingerprint density at radius 1 is 1.09 bits per heavy atom. The zero-order valence-corrected chi connectivity index (χ0v) is 18.0. The Balaban J connectivity index is 1.32. The molecule has 2 atom stereocenters. The van der Waals surface area contributed by atoms with Crippen LogP contribution in [0, 0.1) is 17.5 Å². The molecule has 0 radical (unpaired) electrons. The van der Waals surface area contributed by atoms with Crippen molar-refractivity contribution in [3.05, 3.63) is 65.0 Å². The first kappa shape index (κ1) is 21.8. The van der Waals surface area contributed by atoms with E-state index in [1.165, 1.54) is 36.3 Å². The molecule has 5 rings (SSSR count). The number of hydrogen-bond donors (Lipinski definition) is 0. The normalized spacial score (nSPS) is 23.8. The van der Waals surface area contributed by atoms with Gasteiger partial charge in [-0.05, 0) is 42.7 Å². The van der Waals surface area contributed by atoms with Crippen molar-refractivity contribution >= 4 is 11.8 Å². The number of piperidine rings is 1. The number of amides is 2. The highest BCUT2D eigenvalue weighted by molar-refractivity contribution is 5.95. The molecule has 3 saturated heterocycles. The van der Waals surface area contributed by atoms with Crippen LogP contribution in [0.4, 0.5) is 13.2 Å². The van der Waals surface area contributed by atoms with Gasteiger partial charge in [0.1, 0.15) is 17.9 Å². The Morgan fingerprint density at radius 2 is 1.79 bits per heavy atom. The molecule has 0 N–H and O–H groups in total. The molecule has 1 spiro atoms. The van der Waals surface area contributed by atoms with Crippen LogP contribution in [0.2, 0.25) is 0 Å². The molecule has 33 heavy (non-hydrogen) atoms. The van der Waals surface area contributed by atoms with Gasteiger partial charge in [-0.25, -0.2) is 13.2 Å². The summed E-state index contributed by atoms with van der Waals surface area (Å²) in [6.45, 7) is 0.447. The van der Waals surface area contributed by atoms with E-state index in [4.69, 9.17) is 9.47 Å². The number of methoxy groups -OCH3 is 1. The van der Waals surface area contributed by atoms with Gasteiger partial charge >= 0.3 is 0 Å². The predicted octanol–water partition coefficient (Wildman–Crippen LogP) is 3.81. The molecule has 6 nitrogen and oxygen atoms in total. The maximum Gasteiger partial charge on any atom is 0.257 e. The minimum atomic E-state index is -1.08.